The first kappa shape index (κ1) is 13.3. The van der Waals surface area contributed by atoms with Gasteiger partial charge in [0.25, 0.3) is 0 Å². The van der Waals surface area contributed by atoms with Gasteiger partial charge in [0.05, 0.1) is 10.5 Å². The lowest BCUT2D eigenvalue weighted by Crippen LogP contribution is -2.14. The summed E-state index contributed by atoms with van der Waals surface area (Å²) >= 11 is 0. The van der Waals surface area contributed by atoms with Crippen molar-refractivity contribution in [1.82, 2.24) is 0 Å². The maximum absolute atomic E-state index is 11.9. The number of benzene rings is 2. The lowest BCUT2D eigenvalue weighted by atomic mass is 10.2. The molecule has 0 heterocycles. The minimum atomic E-state index is -3.61. The van der Waals surface area contributed by atoms with Gasteiger partial charge in [0.2, 0.25) is 9.84 Å². The Morgan fingerprint density at radius 1 is 0.895 bits per heavy atom. The highest BCUT2D eigenvalue weighted by molar-refractivity contribution is 7.91. The van der Waals surface area contributed by atoms with Crippen LogP contribution in [0.4, 0.5) is 0 Å². The average Bonchev–Trinajstić information content (AvgIpc) is 2.47. The molecule has 0 amide bonds. The fourth-order valence-corrected chi connectivity index (χ4v) is 2.45. The van der Waals surface area contributed by atoms with Gasteiger partial charge in [0, 0.05) is 0 Å². The number of esters is 1. The summed E-state index contributed by atoms with van der Waals surface area (Å²) in [5, 5.41) is 0. The Kier molecular flexibility index (Phi) is 3.97. The lowest BCUT2D eigenvalue weighted by molar-refractivity contribution is 0.0571. The van der Waals surface area contributed by atoms with Crippen molar-refractivity contribution in [3.63, 3.8) is 0 Å². The van der Waals surface area contributed by atoms with Crippen molar-refractivity contribution in [2.45, 2.75) is 4.90 Å². The molecule has 2 aromatic rings. The standard InChI is InChI=1S/C14H12O4S/c15-14(12-7-3-1-4-8-12)18-11-19(16,17)13-9-5-2-6-10-13/h1-10H,11H2. The molecule has 0 aliphatic carbocycles. The number of rotatable bonds is 4. The monoisotopic (exact) mass is 276 g/mol. The summed E-state index contributed by atoms with van der Waals surface area (Å²) in [5.41, 5.74) is 0.325. The molecule has 19 heavy (non-hydrogen) atoms. The van der Waals surface area contributed by atoms with Crippen molar-refractivity contribution in [1.29, 1.82) is 0 Å². The molecule has 0 bridgehead atoms. The summed E-state index contributed by atoms with van der Waals surface area (Å²) in [7, 11) is -3.61. The molecule has 5 heteroatoms. The molecule has 0 aliphatic rings. The van der Waals surface area contributed by atoms with Crippen LogP contribution < -0.4 is 0 Å². The molecule has 0 N–H and O–H groups in total. The van der Waals surface area contributed by atoms with E-state index in [2.05, 4.69) is 0 Å². The van der Waals surface area contributed by atoms with Crippen molar-refractivity contribution >= 4 is 15.8 Å². The topological polar surface area (TPSA) is 60.4 Å². The van der Waals surface area contributed by atoms with Crippen molar-refractivity contribution in [2.24, 2.45) is 0 Å². The maximum Gasteiger partial charge on any atom is 0.339 e. The van der Waals surface area contributed by atoms with Gasteiger partial charge < -0.3 is 4.74 Å². The van der Waals surface area contributed by atoms with Crippen molar-refractivity contribution in [3.8, 4) is 0 Å². The summed E-state index contributed by atoms with van der Waals surface area (Å²) in [6.07, 6.45) is 0. The van der Waals surface area contributed by atoms with Crippen LogP contribution in [0, 0.1) is 0 Å². The van der Waals surface area contributed by atoms with E-state index in [1.54, 1.807) is 48.5 Å². The van der Waals surface area contributed by atoms with Crippen LogP contribution in [-0.4, -0.2) is 20.3 Å². The molecule has 0 fully saturated rings. The minimum Gasteiger partial charge on any atom is -0.445 e. The summed E-state index contributed by atoms with van der Waals surface area (Å²) < 4.78 is 28.6. The van der Waals surface area contributed by atoms with Gasteiger partial charge in [-0.25, -0.2) is 13.2 Å². The predicted octanol–water partition coefficient (Wildman–Crippen LogP) is 2.27. The molecule has 2 aromatic carbocycles. The zero-order valence-electron chi connectivity index (χ0n) is 10.0. The van der Waals surface area contributed by atoms with E-state index in [9.17, 15) is 13.2 Å². The largest absolute Gasteiger partial charge is 0.445 e. The van der Waals surface area contributed by atoms with Gasteiger partial charge in [-0.2, -0.15) is 0 Å². The van der Waals surface area contributed by atoms with E-state index < -0.39 is 21.7 Å². The molecule has 2 rings (SSSR count). The first-order valence-electron chi connectivity index (χ1n) is 5.59. The third kappa shape index (κ3) is 3.42. The second-order valence-electron chi connectivity index (χ2n) is 3.84. The lowest BCUT2D eigenvalue weighted by Gasteiger charge is -2.06. The molecule has 0 saturated heterocycles. The Morgan fingerprint density at radius 3 is 2.00 bits per heavy atom. The van der Waals surface area contributed by atoms with Crippen LogP contribution in [-0.2, 0) is 14.6 Å². The van der Waals surface area contributed by atoms with E-state index in [1.165, 1.54) is 12.1 Å². The van der Waals surface area contributed by atoms with Crippen LogP contribution in [0.25, 0.3) is 0 Å². The Hall–Kier alpha value is -2.14. The second kappa shape index (κ2) is 5.67. The molecule has 0 atom stereocenters. The fourth-order valence-electron chi connectivity index (χ4n) is 1.48. The van der Waals surface area contributed by atoms with Gasteiger partial charge in [-0.1, -0.05) is 36.4 Å². The number of carbonyl (C=O) groups excluding carboxylic acids is 1. The van der Waals surface area contributed by atoms with Crippen LogP contribution in [0.15, 0.2) is 65.6 Å². The van der Waals surface area contributed by atoms with E-state index >= 15 is 0 Å². The Morgan fingerprint density at radius 2 is 1.42 bits per heavy atom. The Balaban J connectivity index is 2.05. The third-order valence-corrected chi connectivity index (χ3v) is 3.88. The first-order valence-corrected chi connectivity index (χ1v) is 7.25. The SMILES string of the molecule is O=C(OCS(=O)(=O)c1ccccc1)c1ccccc1. The smallest absolute Gasteiger partial charge is 0.339 e. The molecule has 4 nitrogen and oxygen atoms in total. The van der Waals surface area contributed by atoms with E-state index in [4.69, 9.17) is 4.74 Å². The van der Waals surface area contributed by atoms with Gasteiger partial charge in [-0.3, -0.25) is 0 Å². The molecule has 0 radical (unpaired) electrons. The summed E-state index contributed by atoms with van der Waals surface area (Å²) in [5.74, 6) is -1.31. The number of hydrogen-bond donors (Lipinski definition) is 0. The molecule has 98 valence electrons. The van der Waals surface area contributed by atoms with E-state index in [0.29, 0.717) is 5.56 Å². The fraction of sp³-hybridized carbons (Fsp3) is 0.0714. The number of hydrogen-bond acceptors (Lipinski definition) is 4. The number of carbonyl (C=O) groups is 1. The van der Waals surface area contributed by atoms with Crippen LogP contribution in [0.5, 0.6) is 0 Å². The molecule has 0 aliphatic heterocycles. The summed E-state index contributed by atoms with van der Waals surface area (Å²) in [4.78, 5) is 11.8. The van der Waals surface area contributed by atoms with E-state index in [1.807, 2.05) is 0 Å². The summed E-state index contributed by atoms with van der Waals surface area (Å²) in [6, 6.07) is 16.1. The van der Waals surface area contributed by atoms with Crippen LogP contribution in [0.2, 0.25) is 0 Å². The quantitative estimate of drug-likeness (QED) is 0.804. The van der Waals surface area contributed by atoms with Gasteiger partial charge in [0.1, 0.15) is 0 Å². The van der Waals surface area contributed by atoms with E-state index in [-0.39, 0.29) is 4.90 Å². The van der Waals surface area contributed by atoms with E-state index in [0.717, 1.165) is 0 Å². The minimum absolute atomic E-state index is 0.135. The third-order valence-electron chi connectivity index (χ3n) is 2.46. The highest BCUT2D eigenvalue weighted by atomic mass is 32.2. The first-order chi connectivity index (χ1) is 9.09. The van der Waals surface area contributed by atoms with Crippen LogP contribution >= 0.6 is 0 Å². The molecule has 0 saturated carbocycles. The van der Waals surface area contributed by atoms with Gasteiger partial charge in [-0.15, -0.1) is 0 Å². The van der Waals surface area contributed by atoms with Crippen LogP contribution in [0.3, 0.4) is 0 Å². The normalized spacial score (nSPS) is 10.9. The number of sulfone groups is 1. The predicted molar refractivity (Wildman–Crippen MR) is 70.4 cm³/mol. The van der Waals surface area contributed by atoms with Crippen molar-refractivity contribution in [2.75, 3.05) is 5.94 Å². The highest BCUT2D eigenvalue weighted by Crippen LogP contribution is 2.11. The molecule has 0 unspecified atom stereocenters. The molecule has 0 spiro atoms. The average molecular weight is 276 g/mol. The van der Waals surface area contributed by atoms with Crippen molar-refractivity contribution in [3.05, 3.63) is 66.2 Å². The van der Waals surface area contributed by atoms with Crippen LogP contribution in [0.1, 0.15) is 10.4 Å². The zero-order valence-corrected chi connectivity index (χ0v) is 10.8. The second-order valence-corrected chi connectivity index (χ2v) is 5.78. The van der Waals surface area contributed by atoms with Crippen molar-refractivity contribution < 1.29 is 17.9 Å². The Labute approximate surface area is 111 Å². The zero-order chi connectivity index (χ0) is 13.7. The van der Waals surface area contributed by atoms with Gasteiger partial charge >= 0.3 is 5.97 Å². The molecular formula is C14H12O4S. The van der Waals surface area contributed by atoms with Gasteiger partial charge in [-0.05, 0) is 24.3 Å². The molecule has 0 aromatic heterocycles. The van der Waals surface area contributed by atoms with Gasteiger partial charge in [0.15, 0.2) is 5.94 Å². The highest BCUT2D eigenvalue weighted by Gasteiger charge is 2.17. The maximum atomic E-state index is 11.9. The molecular weight excluding hydrogens is 264 g/mol. The Bertz CT molecular complexity index is 648. The summed E-state index contributed by atoms with van der Waals surface area (Å²) in [6.45, 7) is 0. The number of ether oxygens (including phenoxy) is 1.